The monoisotopic (exact) mass is 382 g/mol. The first kappa shape index (κ1) is 17.0. The summed E-state index contributed by atoms with van der Waals surface area (Å²) in [6.07, 6.45) is 6.26. The predicted octanol–water partition coefficient (Wildman–Crippen LogP) is 3.25. The number of nitrogens with zero attached hydrogens (tertiary/aromatic N) is 2. The van der Waals surface area contributed by atoms with E-state index in [9.17, 15) is 10.1 Å². The zero-order valence-electron chi connectivity index (χ0n) is 14.6. The molecule has 0 radical (unpaired) electrons. The number of carbonyl (C=O) groups excluding carboxylic acids is 1. The summed E-state index contributed by atoms with van der Waals surface area (Å²) in [6.45, 7) is 4.06. The van der Waals surface area contributed by atoms with Crippen LogP contribution in [0.15, 0.2) is 11.8 Å². The number of hydrogen-bond donors (Lipinski definition) is 2. The third kappa shape index (κ3) is 2.66. The average molecular weight is 383 g/mol. The molecule has 4 rings (SSSR count). The van der Waals surface area contributed by atoms with Crippen molar-refractivity contribution in [1.82, 2.24) is 15.2 Å². The van der Waals surface area contributed by atoms with Gasteiger partial charge in [0.1, 0.15) is 16.6 Å². The maximum absolute atomic E-state index is 11.9. The Hall–Kier alpha value is -2.43. The fourth-order valence-electron chi connectivity index (χ4n) is 3.78. The molecule has 2 aliphatic rings. The second kappa shape index (κ2) is 6.38. The maximum atomic E-state index is 11.9. The molecular weight excluding hydrogens is 364 g/mol. The van der Waals surface area contributed by atoms with E-state index in [1.807, 2.05) is 26.0 Å². The van der Waals surface area contributed by atoms with Gasteiger partial charge < -0.3 is 9.88 Å². The topological polar surface area (TPSA) is 69.8 Å². The Bertz CT molecular complexity index is 1020. The number of amides is 1. The van der Waals surface area contributed by atoms with E-state index >= 15 is 0 Å². The summed E-state index contributed by atoms with van der Waals surface area (Å²) < 4.78 is 2.16. The van der Waals surface area contributed by atoms with Crippen LogP contribution in [0.4, 0.5) is 0 Å². The van der Waals surface area contributed by atoms with Crippen LogP contribution < -0.4 is 10.6 Å². The van der Waals surface area contributed by atoms with Crippen LogP contribution in [0.3, 0.4) is 0 Å². The minimum Gasteiger partial charge on any atom is -0.328 e. The van der Waals surface area contributed by atoms with Crippen LogP contribution in [0.2, 0.25) is 0 Å². The molecule has 1 aliphatic carbocycles. The summed E-state index contributed by atoms with van der Waals surface area (Å²) >= 11 is 6.62. The molecule has 2 aromatic heterocycles. The summed E-state index contributed by atoms with van der Waals surface area (Å²) in [5.41, 5.74) is 5.82. The Labute approximate surface area is 161 Å². The van der Waals surface area contributed by atoms with E-state index < -0.39 is 0 Å². The van der Waals surface area contributed by atoms with Gasteiger partial charge >= 0.3 is 0 Å². The van der Waals surface area contributed by atoms with Crippen LogP contribution in [0.25, 0.3) is 11.8 Å². The first-order valence-electron chi connectivity index (χ1n) is 8.57. The first-order chi connectivity index (χ1) is 12.5. The molecule has 3 heterocycles. The number of thiocarbonyl (C=S) groups is 1. The second-order valence-electron chi connectivity index (χ2n) is 6.63. The van der Waals surface area contributed by atoms with Crippen LogP contribution in [-0.4, -0.2) is 15.6 Å². The zero-order chi connectivity index (χ0) is 18.4. The Kier molecular flexibility index (Phi) is 4.17. The molecule has 132 valence electrons. The molecule has 0 spiro atoms. The summed E-state index contributed by atoms with van der Waals surface area (Å²) in [7, 11) is 0. The number of rotatable bonds is 2. The van der Waals surface area contributed by atoms with Gasteiger partial charge in [-0.25, -0.2) is 0 Å². The molecule has 0 atom stereocenters. The van der Waals surface area contributed by atoms with Crippen LogP contribution in [0.5, 0.6) is 0 Å². The minimum atomic E-state index is -0.217. The Morgan fingerprint density at radius 3 is 2.77 bits per heavy atom. The van der Waals surface area contributed by atoms with Gasteiger partial charge in [-0.05, 0) is 75.0 Å². The quantitative estimate of drug-likeness (QED) is 0.618. The van der Waals surface area contributed by atoms with Crippen molar-refractivity contribution < 1.29 is 4.79 Å². The molecule has 1 saturated heterocycles. The number of hydrogen-bond acceptors (Lipinski definition) is 4. The van der Waals surface area contributed by atoms with Crippen molar-refractivity contribution >= 4 is 40.7 Å². The third-order valence-electron chi connectivity index (χ3n) is 4.96. The van der Waals surface area contributed by atoms with E-state index in [0.29, 0.717) is 10.8 Å². The highest BCUT2D eigenvalue weighted by Gasteiger charge is 2.25. The van der Waals surface area contributed by atoms with Gasteiger partial charge in [-0.2, -0.15) is 5.26 Å². The molecule has 1 aliphatic heterocycles. The van der Waals surface area contributed by atoms with Crippen molar-refractivity contribution in [3.8, 4) is 11.8 Å². The molecule has 5 nitrogen and oxygen atoms in total. The molecule has 2 N–H and O–H groups in total. The fourth-order valence-corrected chi connectivity index (χ4v) is 5.15. The van der Waals surface area contributed by atoms with E-state index in [-0.39, 0.29) is 5.91 Å². The normalized spacial score (nSPS) is 17.8. The highest BCUT2D eigenvalue weighted by molar-refractivity contribution is 7.80. The lowest BCUT2D eigenvalue weighted by Gasteiger charge is -2.16. The molecule has 0 unspecified atom stereocenters. The smallest absolute Gasteiger partial charge is 0.273 e. The third-order valence-corrected chi connectivity index (χ3v) is 6.35. The average Bonchev–Trinajstić information content (AvgIpc) is 3.22. The van der Waals surface area contributed by atoms with Crippen LogP contribution in [0, 0.1) is 25.2 Å². The Balaban J connectivity index is 1.86. The SMILES string of the molecule is Cc1cc(/C=C2/NC(=S)NC2=O)c(C)n1-c1c(C#N)sc2c1CCCC2. The Morgan fingerprint density at radius 1 is 1.31 bits per heavy atom. The van der Waals surface area contributed by atoms with Crippen LogP contribution in [0.1, 0.15) is 45.1 Å². The van der Waals surface area contributed by atoms with Gasteiger partial charge in [0.2, 0.25) is 0 Å². The fraction of sp³-hybridized carbons (Fsp3) is 0.316. The van der Waals surface area contributed by atoms with E-state index in [1.54, 1.807) is 11.3 Å². The van der Waals surface area contributed by atoms with Gasteiger partial charge in [0.25, 0.3) is 5.91 Å². The summed E-state index contributed by atoms with van der Waals surface area (Å²) in [6, 6.07) is 4.44. The van der Waals surface area contributed by atoms with Crippen molar-refractivity contribution in [3.63, 3.8) is 0 Å². The standard InChI is InChI=1S/C19H18N4OS2/c1-10-7-12(8-14-18(24)22-19(25)21-14)11(2)23(10)17-13-5-3-4-6-15(13)26-16(17)9-20/h7-8H,3-6H2,1-2H3,(H2,21,22,24,25)/b14-8+. The minimum absolute atomic E-state index is 0.217. The largest absolute Gasteiger partial charge is 0.328 e. The highest BCUT2D eigenvalue weighted by Crippen LogP contribution is 2.38. The van der Waals surface area contributed by atoms with Gasteiger partial charge in [0, 0.05) is 16.3 Å². The zero-order valence-corrected chi connectivity index (χ0v) is 16.2. The lowest BCUT2D eigenvalue weighted by Crippen LogP contribution is -2.21. The summed E-state index contributed by atoms with van der Waals surface area (Å²) in [4.78, 5) is 14.1. The van der Waals surface area contributed by atoms with Gasteiger partial charge in [-0.15, -0.1) is 11.3 Å². The Morgan fingerprint density at radius 2 is 2.08 bits per heavy atom. The highest BCUT2D eigenvalue weighted by atomic mass is 32.1. The molecule has 26 heavy (non-hydrogen) atoms. The number of aromatic nitrogens is 1. The number of thiophene rings is 1. The molecule has 1 amide bonds. The first-order valence-corrected chi connectivity index (χ1v) is 9.80. The number of nitriles is 1. The molecule has 1 fully saturated rings. The van der Waals surface area contributed by atoms with Crippen LogP contribution >= 0.6 is 23.6 Å². The molecule has 0 bridgehead atoms. The maximum Gasteiger partial charge on any atom is 0.273 e. The lowest BCUT2D eigenvalue weighted by atomic mass is 9.97. The number of carbonyl (C=O) groups is 1. The van der Waals surface area contributed by atoms with Gasteiger partial charge in [-0.3, -0.25) is 10.1 Å². The molecule has 0 saturated carbocycles. The molecule has 0 aromatic carbocycles. The van der Waals surface area contributed by atoms with Gasteiger partial charge in [0.05, 0.1) is 5.69 Å². The molecule has 2 aromatic rings. The number of nitrogens with one attached hydrogen (secondary N) is 2. The van der Waals surface area contributed by atoms with Crippen LogP contribution in [-0.2, 0) is 17.6 Å². The molecular formula is C19H18N4OS2. The predicted molar refractivity (Wildman–Crippen MR) is 106 cm³/mol. The van der Waals surface area contributed by atoms with Crippen molar-refractivity contribution in [2.24, 2.45) is 0 Å². The van der Waals surface area contributed by atoms with E-state index in [1.165, 1.54) is 23.3 Å². The number of fused-ring (bicyclic) bond motifs is 1. The van der Waals surface area contributed by atoms with E-state index in [2.05, 4.69) is 21.3 Å². The summed E-state index contributed by atoms with van der Waals surface area (Å²) in [5, 5.41) is 15.5. The van der Waals surface area contributed by atoms with Crippen molar-refractivity contribution in [2.45, 2.75) is 39.5 Å². The van der Waals surface area contributed by atoms with Crippen molar-refractivity contribution in [3.05, 3.63) is 44.0 Å². The van der Waals surface area contributed by atoms with Gasteiger partial charge in [0.15, 0.2) is 5.11 Å². The van der Waals surface area contributed by atoms with E-state index in [4.69, 9.17) is 12.2 Å². The van der Waals surface area contributed by atoms with Crippen molar-refractivity contribution in [1.29, 1.82) is 5.26 Å². The van der Waals surface area contributed by atoms with Crippen molar-refractivity contribution in [2.75, 3.05) is 0 Å². The number of aryl methyl sites for hydroxylation is 2. The van der Waals surface area contributed by atoms with Gasteiger partial charge in [-0.1, -0.05) is 0 Å². The second-order valence-corrected chi connectivity index (χ2v) is 8.14. The molecule has 7 heteroatoms. The van der Waals surface area contributed by atoms with E-state index in [0.717, 1.165) is 40.4 Å². The summed E-state index contributed by atoms with van der Waals surface area (Å²) in [5.74, 6) is -0.217. The lowest BCUT2D eigenvalue weighted by molar-refractivity contribution is -0.115.